The number of esters is 1. The maximum Gasteiger partial charge on any atom is 0.331 e. The summed E-state index contributed by atoms with van der Waals surface area (Å²) in [5.74, 6) is -1.03. The van der Waals surface area contributed by atoms with Gasteiger partial charge in [0.2, 0.25) is 0 Å². The molecule has 1 atom stereocenters. The molecule has 0 radical (unpaired) electrons. The van der Waals surface area contributed by atoms with Crippen LogP contribution in [0.1, 0.15) is 51.3 Å². The van der Waals surface area contributed by atoms with Crippen molar-refractivity contribution in [3.63, 3.8) is 0 Å². The van der Waals surface area contributed by atoms with E-state index in [1.807, 2.05) is 19.9 Å². The monoisotopic (exact) mass is 354 g/mol. The zero-order chi connectivity index (χ0) is 19.3. The lowest BCUT2D eigenvalue weighted by atomic mass is 9.93. The molecule has 136 valence electrons. The summed E-state index contributed by atoms with van der Waals surface area (Å²) in [7, 11) is 0. The number of allylic oxidation sites excluding steroid dienone is 6. The number of rotatable bonds is 6. The minimum Gasteiger partial charge on any atom is -0.472 e. The Balaban J connectivity index is 2.40. The molecule has 0 N–H and O–H groups in total. The molecule has 0 saturated heterocycles. The Morgan fingerprint density at radius 3 is 2.50 bits per heavy atom. The molecule has 0 aliphatic heterocycles. The van der Waals surface area contributed by atoms with Crippen molar-refractivity contribution in [1.82, 2.24) is 0 Å². The second-order valence-electron chi connectivity index (χ2n) is 6.56. The average molecular weight is 354 g/mol. The van der Waals surface area contributed by atoms with Crippen LogP contribution < -0.4 is 0 Å². The fraction of sp³-hybridized carbons (Fsp3) is 0.286. The van der Waals surface area contributed by atoms with Gasteiger partial charge in [-0.25, -0.2) is 4.79 Å². The molecule has 5 nitrogen and oxygen atoms in total. The van der Waals surface area contributed by atoms with Crippen LogP contribution >= 0.6 is 0 Å². The summed E-state index contributed by atoms with van der Waals surface area (Å²) in [6.07, 6.45) is 9.73. The van der Waals surface area contributed by atoms with Crippen molar-refractivity contribution in [2.24, 2.45) is 0 Å². The third-order valence-electron chi connectivity index (χ3n) is 3.69. The Bertz CT molecular complexity index is 838. The first-order valence-corrected chi connectivity index (χ1v) is 8.31. The maximum absolute atomic E-state index is 12.2. The Hall–Kier alpha value is -2.95. The van der Waals surface area contributed by atoms with E-state index in [1.54, 1.807) is 13.8 Å². The Morgan fingerprint density at radius 2 is 1.85 bits per heavy atom. The predicted molar refractivity (Wildman–Crippen MR) is 98.2 cm³/mol. The third kappa shape index (κ3) is 5.02. The Labute approximate surface area is 152 Å². The molecule has 1 aliphatic rings. The normalized spacial score (nSPS) is 14.5. The first-order chi connectivity index (χ1) is 12.3. The fourth-order valence-electron chi connectivity index (χ4n) is 2.49. The van der Waals surface area contributed by atoms with Crippen LogP contribution in [0.15, 0.2) is 58.5 Å². The van der Waals surface area contributed by atoms with Gasteiger partial charge >= 0.3 is 5.97 Å². The van der Waals surface area contributed by atoms with Crippen LogP contribution in [0, 0.1) is 0 Å². The van der Waals surface area contributed by atoms with Crippen molar-refractivity contribution in [2.75, 3.05) is 0 Å². The molecule has 0 amide bonds. The second-order valence-corrected chi connectivity index (χ2v) is 6.56. The molecule has 0 saturated carbocycles. The highest BCUT2D eigenvalue weighted by Gasteiger charge is 2.25. The SMILES string of the molecule is CC(C)=CC[C@H](OC(=O)C=C(C)C)c1cocc1C1=CC(=O)C=CC1=O. The number of furan rings is 1. The van der Waals surface area contributed by atoms with Gasteiger partial charge in [-0.15, -0.1) is 0 Å². The standard InChI is InChI=1S/C21H22O5/c1-13(2)5-8-20(26-21(24)9-14(3)4)18-12-25-11-17(18)16-10-15(22)6-7-19(16)23/h5-7,9-12,20H,8H2,1-4H3/t20-/m0/s1. The van der Waals surface area contributed by atoms with Crippen LogP contribution in [-0.4, -0.2) is 17.5 Å². The molecule has 5 heteroatoms. The molecule has 1 heterocycles. The van der Waals surface area contributed by atoms with Crippen molar-refractivity contribution in [1.29, 1.82) is 0 Å². The van der Waals surface area contributed by atoms with E-state index in [4.69, 9.17) is 9.15 Å². The maximum atomic E-state index is 12.2. The largest absolute Gasteiger partial charge is 0.472 e. The van der Waals surface area contributed by atoms with Gasteiger partial charge in [-0.1, -0.05) is 17.2 Å². The van der Waals surface area contributed by atoms with E-state index >= 15 is 0 Å². The molecule has 26 heavy (non-hydrogen) atoms. The summed E-state index contributed by atoms with van der Waals surface area (Å²) in [5.41, 5.74) is 3.15. The highest BCUT2D eigenvalue weighted by molar-refractivity contribution is 6.34. The molecule has 0 bridgehead atoms. The highest BCUT2D eigenvalue weighted by atomic mass is 16.5. The van der Waals surface area contributed by atoms with Gasteiger partial charge < -0.3 is 9.15 Å². The summed E-state index contributed by atoms with van der Waals surface area (Å²) < 4.78 is 10.9. The lowest BCUT2D eigenvalue weighted by molar-refractivity contribution is -0.143. The van der Waals surface area contributed by atoms with E-state index in [-0.39, 0.29) is 17.1 Å². The molecule has 0 spiro atoms. The molecule has 0 unspecified atom stereocenters. The van der Waals surface area contributed by atoms with E-state index in [2.05, 4.69) is 0 Å². The van der Waals surface area contributed by atoms with E-state index in [9.17, 15) is 14.4 Å². The molecule has 1 aromatic heterocycles. The lowest BCUT2D eigenvalue weighted by Crippen LogP contribution is -2.13. The Morgan fingerprint density at radius 1 is 1.12 bits per heavy atom. The van der Waals surface area contributed by atoms with Crippen LogP contribution in [0.25, 0.3) is 5.57 Å². The number of carbonyl (C=O) groups excluding carboxylic acids is 3. The molecule has 1 aromatic rings. The second kappa shape index (κ2) is 8.43. The predicted octanol–water partition coefficient (Wildman–Crippen LogP) is 4.28. The molecular weight excluding hydrogens is 332 g/mol. The number of ether oxygens (including phenoxy) is 1. The van der Waals surface area contributed by atoms with Gasteiger partial charge in [-0.3, -0.25) is 9.59 Å². The van der Waals surface area contributed by atoms with Crippen LogP contribution in [-0.2, 0) is 19.1 Å². The van der Waals surface area contributed by atoms with Gasteiger partial charge in [0.15, 0.2) is 11.6 Å². The van der Waals surface area contributed by atoms with Crippen LogP contribution in [0.2, 0.25) is 0 Å². The fourth-order valence-corrected chi connectivity index (χ4v) is 2.49. The van der Waals surface area contributed by atoms with Crippen LogP contribution in [0.4, 0.5) is 0 Å². The van der Waals surface area contributed by atoms with Crippen molar-refractivity contribution >= 4 is 23.1 Å². The number of hydrogen-bond acceptors (Lipinski definition) is 5. The van der Waals surface area contributed by atoms with E-state index in [0.717, 1.165) is 11.1 Å². The number of ketones is 2. The first-order valence-electron chi connectivity index (χ1n) is 8.31. The number of hydrogen-bond donors (Lipinski definition) is 0. The van der Waals surface area contributed by atoms with Gasteiger partial charge in [-0.05, 0) is 45.9 Å². The van der Waals surface area contributed by atoms with E-state index < -0.39 is 12.1 Å². The minimum absolute atomic E-state index is 0.238. The van der Waals surface area contributed by atoms with Crippen molar-refractivity contribution in [3.05, 3.63) is 65.2 Å². The molecule has 0 fully saturated rings. The van der Waals surface area contributed by atoms with Crippen LogP contribution in [0.3, 0.4) is 0 Å². The highest BCUT2D eigenvalue weighted by Crippen LogP contribution is 2.32. The summed E-state index contributed by atoms with van der Waals surface area (Å²) in [5, 5.41) is 0. The van der Waals surface area contributed by atoms with Crippen molar-refractivity contribution in [3.8, 4) is 0 Å². The van der Waals surface area contributed by atoms with Gasteiger partial charge in [0.1, 0.15) is 6.10 Å². The first kappa shape index (κ1) is 19.4. The Kier molecular flexibility index (Phi) is 6.28. The smallest absolute Gasteiger partial charge is 0.331 e. The van der Waals surface area contributed by atoms with Gasteiger partial charge in [0.25, 0.3) is 0 Å². The number of carbonyl (C=O) groups is 3. The van der Waals surface area contributed by atoms with E-state index in [1.165, 1.54) is 36.8 Å². The van der Waals surface area contributed by atoms with E-state index in [0.29, 0.717) is 17.5 Å². The zero-order valence-corrected chi connectivity index (χ0v) is 15.4. The van der Waals surface area contributed by atoms with Gasteiger partial charge in [0, 0.05) is 29.2 Å². The van der Waals surface area contributed by atoms with Gasteiger partial charge in [-0.2, -0.15) is 0 Å². The molecular formula is C21H22O5. The summed E-state index contributed by atoms with van der Waals surface area (Å²) in [4.78, 5) is 35.9. The quantitative estimate of drug-likeness (QED) is 0.330. The minimum atomic E-state index is -0.628. The van der Waals surface area contributed by atoms with Gasteiger partial charge in [0.05, 0.1) is 12.5 Å². The average Bonchev–Trinajstić information content (AvgIpc) is 3.02. The molecule has 2 rings (SSSR count). The lowest BCUT2D eigenvalue weighted by Gasteiger charge is -2.17. The summed E-state index contributed by atoms with van der Waals surface area (Å²) >= 11 is 0. The topological polar surface area (TPSA) is 73.6 Å². The summed E-state index contributed by atoms with van der Waals surface area (Å²) in [6, 6.07) is 0. The van der Waals surface area contributed by atoms with Crippen molar-refractivity contribution in [2.45, 2.75) is 40.2 Å². The molecule has 1 aliphatic carbocycles. The molecule has 0 aromatic carbocycles. The third-order valence-corrected chi connectivity index (χ3v) is 3.69. The zero-order valence-electron chi connectivity index (χ0n) is 15.4. The van der Waals surface area contributed by atoms with Crippen molar-refractivity contribution < 1.29 is 23.5 Å². The van der Waals surface area contributed by atoms with Crippen LogP contribution in [0.5, 0.6) is 0 Å². The summed E-state index contributed by atoms with van der Waals surface area (Å²) in [6.45, 7) is 7.50.